The molecule has 0 aliphatic rings. The van der Waals surface area contributed by atoms with E-state index in [0.29, 0.717) is 0 Å². The highest BCUT2D eigenvalue weighted by Crippen LogP contribution is 2.14. The van der Waals surface area contributed by atoms with E-state index in [9.17, 15) is 13.6 Å². The second kappa shape index (κ2) is 6.89. The number of carboxylic acid groups (broad SMARTS) is 1. The Morgan fingerprint density at radius 1 is 1.50 bits per heavy atom. The summed E-state index contributed by atoms with van der Waals surface area (Å²) in [5, 5.41) is 17.6. The van der Waals surface area contributed by atoms with Crippen LogP contribution in [-0.2, 0) is 4.79 Å². The summed E-state index contributed by atoms with van der Waals surface area (Å²) < 4.78 is 26.0. The Morgan fingerprint density at radius 3 is 2.50 bits per heavy atom. The third kappa shape index (κ3) is 6.07. The summed E-state index contributed by atoms with van der Waals surface area (Å²) in [6, 6.07) is -1.20. The smallest absolute Gasteiger partial charge is 0.320 e. The monoisotopic (exact) mass is 235 g/mol. The van der Waals surface area contributed by atoms with Gasteiger partial charge in [-0.2, -0.15) is 0 Å². The summed E-state index contributed by atoms with van der Waals surface area (Å²) in [6.45, 7) is 0.981. The largest absolute Gasteiger partial charge is 0.480 e. The summed E-state index contributed by atoms with van der Waals surface area (Å²) in [5.41, 5.74) is 5.13. The van der Waals surface area contributed by atoms with Gasteiger partial charge in [-0.05, 0) is 13.3 Å². The average Bonchev–Trinajstić information content (AvgIpc) is 2.21. The minimum atomic E-state index is -1.25. The zero-order chi connectivity index (χ0) is 12.7. The third-order valence-corrected chi connectivity index (χ3v) is 1.80. The van der Waals surface area contributed by atoms with E-state index in [1.165, 1.54) is 6.92 Å². The Balaban J connectivity index is 4.10. The topological polar surface area (TPSA) is 99.2 Å². The standard InChI is InChI=1S/C9H15F2N3O2/c1-5(12)14-4-7(11)6(10)2-3-8(13)9(15)16/h8H,2-4,13H2,1H3,(H2,12,14)(H,15,16)/b7-6-/t8-/m0/s1. The Bertz CT molecular complexity index is 305. The van der Waals surface area contributed by atoms with Crippen molar-refractivity contribution < 1.29 is 18.7 Å². The van der Waals surface area contributed by atoms with Crippen LogP contribution in [0.1, 0.15) is 19.8 Å². The fourth-order valence-corrected chi connectivity index (χ4v) is 0.847. The predicted molar refractivity (Wildman–Crippen MR) is 55.5 cm³/mol. The van der Waals surface area contributed by atoms with Gasteiger partial charge in [0, 0.05) is 6.42 Å². The first-order valence-corrected chi connectivity index (χ1v) is 4.65. The molecule has 0 rings (SSSR count). The lowest BCUT2D eigenvalue weighted by Crippen LogP contribution is -2.29. The molecule has 0 radical (unpaired) electrons. The fraction of sp³-hybridized carbons (Fsp3) is 0.556. The van der Waals surface area contributed by atoms with Gasteiger partial charge in [-0.3, -0.25) is 10.2 Å². The second-order valence-electron chi connectivity index (χ2n) is 3.27. The van der Waals surface area contributed by atoms with Crippen LogP contribution < -0.4 is 11.1 Å². The minimum absolute atomic E-state index is 0.0187. The van der Waals surface area contributed by atoms with Gasteiger partial charge in [-0.25, -0.2) is 8.78 Å². The second-order valence-corrected chi connectivity index (χ2v) is 3.27. The van der Waals surface area contributed by atoms with Crippen LogP contribution in [0.2, 0.25) is 0 Å². The van der Waals surface area contributed by atoms with Crippen molar-refractivity contribution in [1.82, 2.24) is 5.32 Å². The first kappa shape index (κ1) is 14.5. The molecule has 92 valence electrons. The van der Waals surface area contributed by atoms with Crippen LogP contribution in [0, 0.1) is 5.41 Å². The quantitative estimate of drug-likeness (QED) is 0.406. The van der Waals surface area contributed by atoms with Crippen molar-refractivity contribution in [2.24, 2.45) is 5.73 Å². The lowest BCUT2D eigenvalue weighted by atomic mass is 10.1. The van der Waals surface area contributed by atoms with Crippen LogP contribution in [0.15, 0.2) is 11.7 Å². The van der Waals surface area contributed by atoms with Gasteiger partial charge in [0.05, 0.1) is 12.4 Å². The first-order chi connectivity index (χ1) is 7.34. The van der Waals surface area contributed by atoms with E-state index in [-0.39, 0.29) is 18.7 Å². The van der Waals surface area contributed by atoms with Gasteiger partial charge < -0.3 is 16.2 Å². The molecule has 0 aliphatic carbocycles. The number of amidine groups is 1. The van der Waals surface area contributed by atoms with Crippen molar-refractivity contribution in [3.05, 3.63) is 11.7 Å². The van der Waals surface area contributed by atoms with Crippen LogP contribution >= 0.6 is 0 Å². The van der Waals surface area contributed by atoms with E-state index in [0.717, 1.165) is 0 Å². The fourth-order valence-electron chi connectivity index (χ4n) is 0.847. The third-order valence-electron chi connectivity index (χ3n) is 1.80. The maximum absolute atomic E-state index is 13.0. The van der Waals surface area contributed by atoms with E-state index in [4.69, 9.17) is 16.2 Å². The molecule has 0 spiro atoms. The van der Waals surface area contributed by atoms with Gasteiger partial charge in [0.2, 0.25) is 0 Å². The van der Waals surface area contributed by atoms with Crippen molar-refractivity contribution in [1.29, 1.82) is 5.41 Å². The Hall–Kier alpha value is -1.50. The van der Waals surface area contributed by atoms with Crippen LogP contribution in [0.5, 0.6) is 0 Å². The zero-order valence-corrected chi connectivity index (χ0v) is 8.89. The van der Waals surface area contributed by atoms with Gasteiger partial charge in [0.15, 0.2) is 5.83 Å². The highest BCUT2D eigenvalue weighted by atomic mass is 19.2. The van der Waals surface area contributed by atoms with Crippen molar-refractivity contribution >= 4 is 11.8 Å². The Morgan fingerprint density at radius 2 is 2.06 bits per heavy atom. The van der Waals surface area contributed by atoms with Crippen LogP contribution in [-0.4, -0.2) is 29.5 Å². The molecule has 0 saturated carbocycles. The Labute approximate surface area is 91.8 Å². The molecule has 1 atom stereocenters. The summed E-state index contributed by atoms with van der Waals surface area (Å²) in [4.78, 5) is 10.3. The molecule has 0 aromatic heterocycles. The number of rotatable bonds is 6. The molecule has 0 aliphatic heterocycles. The highest BCUT2D eigenvalue weighted by Gasteiger charge is 2.14. The van der Waals surface area contributed by atoms with Gasteiger partial charge in [-0.15, -0.1) is 0 Å². The molecule has 0 aromatic rings. The van der Waals surface area contributed by atoms with Gasteiger partial charge in [-0.1, -0.05) is 0 Å². The van der Waals surface area contributed by atoms with Crippen LogP contribution in [0.3, 0.4) is 0 Å². The van der Waals surface area contributed by atoms with E-state index < -0.39 is 30.2 Å². The van der Waals surface area contributed by atoms with Crippen molar-refractivity contribution in [3.63, 3.8) is 0 Å². The average molecular weight is 235 g/mol. The normalized spacial score (nSPS) is 14.0. The Kier molecular flexibility index (Phi) is 6.24. The summed E-state index contributed by atoms with van der Waals surface area (Å²) in [5.74, 6) is -3.30. The van der Waals surface area contributed by atoms with Crippen LogP contribution in [0.25, 0.3) is 0 Å². The summed E-state index contributed by atoms with van der Waals surface area (Å²) >= 11 is 0. The van der Waals surface area contributed by atoms with Gasteiger partial charge in [0.1, 0.15) is 11.9 Å². The maximum atomic E-state index is 13.0. The summed E-state index contributed by atoms with van der Waals surface area (Å²) in [6.07, 6.45) is -0.532. The lowest BCUT2D eigenvalue weighted by Gasteiger charge is -2.06. The van der Waals surface area contributed by atoms with E-state index in [1.54, 1.807) is 0 Å². The molecule has 0 heterocycles. The van der Waals surface area contributed by atoms with Crippen molar-refractivity contribution in [3.8, 4) is 0 Å². The molecule has 0 fully saturated rings. The first-order valence-electron chi connectivity index (χ1n) is 4.65. The molecule has 0 aromatic carbocycles. The van der Waals surface area contributed by atoms with Gasteiger partial charge >= 0.3 is 5.97 Å². The number of carbonyl (C=O) groups is 1. The van der Waals surface area contributed by atoms with Crippen molar-refractivity contribution in [2.75, 3.05) is 6.54 Å². The molecule has 16 heavy (non-hydrogen) atoms. The van der Waals surface area contributed by atoms with E-state index in [2.05, 4.69) is 5.32 Å². The van der Waals surface area contributed by atoms with E-state index in [1.807, 2.05) is 0 Å². The number of carboxylic acids is 1. The number of aliphatic carboxylic acids is 1. The molecule has 5 N–H and O–H groups in total. The summed E-state index contributed by atoms with van der Waals surface area (Å²) in [7, 11) is 0. The molecule has 0 saturated heterocycles. The number of allylic oxidation sites excluding steroid dienone is 1. The van der Waals surface area contributed by atoms with Crippen molar-refractivity contribution in [2.45, 2.75) is 25.8 Å². The number of nitrogens with two attached hydrogens (primary N) is 1. The minimum Gasteiger partial charge on any atom is -0.480 e. The SMILES string of the molecule is CC(=N)NC/C(F)=C(/F)CC[C@H](N)C(=O)O. The van der Waals surface area contributed by atoms with Crippen LogP contribution in [0.4, 0.5) is 8.78 Å². The van der Waals surface area contributed by atoms with E-state index >= 15 is 0 Å². The molecular weight excluding hydrogens is 220 g/mol. The molecule has 5 nitrogen and oxygen atoms in total. The number of nitrogens with one attached hydrogen (secondary N) is 2. The number of halogens is 2. The van der Waals surface area contributed by atoms with Gasteiger partial charge in [0.25, 0.3) is 0 Å². The molecular formula is C9H15F2N3O2. The number of hydrogen-bond donors (Lipinski definition) is 4. The highest BCUT2D eigenvalue weighted by molar-refractivity contribution is 5.76. The molecule has 7 heteroatoms. The molecule has 0 amide bonds. The molecule has 0 unspecified atom stereocenters. The zero-order valence-electron chi connectivity index (χ0n) is 8.89. The predicted octanol–water partition coefficient (Wildman–Crippen LogP) is 0.916. The maximum Gasteiger partial charge on any atom is 0.320 e. The number of hydrogen-bond acceptors (Lipinski definition) is 3. The molecule has 0 bridgehead atoms. The lowest BCUT2D eigenvalue weighted by molar-refractivity contribution is -0.138.